The van der Waals surface area contributed by atoms with Crippen LogP contribution in [0.25, 0.3) is 11.3 Å². The predicted octanol–water partition coefficient (Wildman–Crippen LogP) is 4.73. The van der Waals surface area contributed by atoms with Crippen LogP contribution in [0.4, 0.5) is 10.8 Å². The van der Waals surface area contributed by atoms with Gasteiger partial charge in [-0.2, -0.15) is 0 Å². The Kier molecular flexibility index (Phi) is 6.27. The SMILES string of the molecule is CCOc1ccc(NC(=S)N2CCN(c3nc(-c4ccccc4)cs3)CC2)cc1. The highest BCUT2D eigenvalue weighted by Gasteiger charge is 2.21. The lowest BCUT2D eigenvalue weighted by Crippen LogP contribution is -2.50. The van der Waals surface area contributed by atoms with Gasteiger partial charge in [-0.3, -0.25) is 0 Å². The van der Waals surface area contributed by atoms with E-state index in [1.807, 2.05) is 49.4 Å². The minimum Gasteiger partial charge on any atom is -0.494 e. The van der Waals surface area contributed by atoms with Crippen LogP contribution in [-0.2, 0) is 0 Å². The second-order valence-corrected chi connectivity index (χ2v) is 7.97. The normalized spacial score (nSPS) is 14.0. The van der Waals surface area contributed by atoms with E-state index >= 15 is 0 Å². The van der Waals surface area contributed by atoms with Crippen LogP contribution in [0.5, 0.6) is 5.75 Å². The summed E-state index contributed by atoms with van der Waals surface area (Å²) >= 11 is 7.32. The standard InChI is InChI=1S/C22H24N4OS2/c1-2-27-19-10-8-18(9-11-19)23-21(28)25-12-14-26(15-13-25)22-24-20(16-29-22)17-6-4-3-5-7-17/h3-11,16H,2,12-15H2,1H3,(H,23,28). The molecule has 5 nitrogen and oxygen atoms in total. The lowest BCUT2D eigenvalue weighted by molar-refractivity contribution is 0.340. The molecule has 0 bridgehead atoms. The highest BCUT2D eigenvalue weighted by molar-refractivity contribution is 7.80. The molecule has 0 atom stereocenters. The number of nitrogens with one attached hydrogen (secondary N) is 1. The number of benzene rings is 2. The molecule has 29 heavy (non-hydrogen) atoms. The Balaban J connectivity index is 1.31. The molecule has 1 aliphatic rings. The number of hydrogen-bond donors (Lipinski definition) is 1. The Morgan fingerprint density at radius 2 is 1.79 bits per heavy atom. The number of thiazole rings is 1. The molecule has 1 aromatic heterocycles. The van der Waals surface area contributed by atoms with Gasteiger partial charge in [0.1, 0.15) is 5.75 Å². The van der Waals surface area contributed by atoms with Gasteiger partial charge in [0.15, 0.2) is 10.2 Å². The van der Waals surface area contributed by atoms with Gasteiger partial charge in [-0.15, -0.1) is 11.3 Å². The molecule has 1 aliphatic heterocycles. The van der Waals surface area contributed by atoms with E-state index in [0.717, 1.165) is 59.1 Å². The van der Waals surface area contributed by atoms with Crippen LogP contribution in [0.1, 0.15) is 6.92 Å². The summed E-state index contributed by atoms with van der Waals surface area (Å²) in [5.41, 5.74) is 3.18. The molecular formula is C22H24N4OS2. The number of nitrogens with zero attached hydrogens (tertiary/aromatic N) is 3. The molecule has 0 spiro atoms. The third kappa shape index (κ3) is 4.86. The third-order valence-corrected chi connectivity index (χ3v) is 6.08. The first kappa shape index (κ1) is 19.7. The summed E-state index contributed by atoms with van der Waals surface area (Å²) in [7, 11) is 0. The van der Waals surface area contributed by atoms with E-state index in [9.17, 15) is 0 Å². The Morgan fingerprint density at radius 1 is 1.07 bits per heavy atom. The molecular weight excluding hydrogens is 400 g/mol. The molecule has 0 unspecified atom stereocenters. The first-order valence-corrected chi connectivity index (χ1v) is 11.1. The van der Waals surface area contributed by atoms with Crippen molar-refractivity contribution in [3.05, 3.63) is 60.0 Å². The zero-order valence-electron chi connectivity index (χ0n) is 16.4. The average Bonchev–Trinajstić information content (AvgIpc) is 3.26. The number of piperazine rings is 1. The maximum absolute atomic E-state index is 5.62. The summed E-state index contributed by atoms with van der Waals surface area (Å²) in [5, 5.41) is 7.31. The van der Waals surface area contributed by atoms with Gasteiger partial charge in [-0.1, -0.05) is 30.3 Å². The first-order valence-electron chi connectivity index (χ1n) is 9.77. The van der Waals surface area contributed by atoms with Crippen molar-refractivity contribution in [3.63, 3.8) is 0 Å². The lowest BCUT2D eigenvalue weighted by Gasteiger charge is -2.36. The number of hydrogen-bond acceptors (Lipinski definition) is 5. The van der Waals surface area contributed by atoms with Crippen LogP contribution in [0.2, 0.25) is 0 Å². The molecule has 0 amide bonds. The van der Waals surface area contributed by atoms with Crippen molar-refractivity contribution >= 4 is 39.5 Å². The zero-order valence-corrected chi connectivity index (χ0v) is 18.0. The van der Waals surface area contributed by atoms with Crippen LogP contribution in [0.3, 0.4) is 0 Å². The fourth-order valence-corrected chi connectivity index (χ4v) is 4.44. The monoisotopic (exact) mass is 424 g/mol. The van der Waals surface area contributed by atoms with Crippen LogP contribution in [0.15, 0.2) is 60.0 Å². The molecule has 0 saturated carbocycles. The second kappa shape index (κ2) is 9.24. The minimum absolute atomic E-state index is 0.668. The van der Waals surface area contributed by atoms with E-state index in [2.05, 4.69) is 32.6 Å². The first-order chi connectivity index (χ1) is 14.2. The number of thiocarbonyl (C=S) groups is 1. The topological polar surface area (TPSA) is 40.6 Å². The highest BCUT2D eigenvalue weighted by Crippen LogP contribution is 2.28. The molecule has 3 aromatic rings. The van der Waals surface area contributed by atoms with E-state index in [1.165, 1.54) is 0 Å². The van der Waals surface area contributed by atoms with Crippen molar-refractivity contribution in [1.82, 2.24) is 9.88 Å². The predicted molar refractivity (Wildman–Crippen MR) is 125 cm³/mol. The quantitative estimate of drug-likeness (QED) is 0.597. The van der Waals surface area contributed by atoms with Crippen LogP contribution in [0, 0.1) is 0 Å². The summed E-state index contributed by atoms with van der Waals surface area (Å²) < 4.78 is 5.48. The molecule has 0 radical (unpaired) electrons. The molecule has 150 valence electrons. The largest absolute Gasteiger partial charge is 0.494 e. The highest BCUT2D eigenvalue weighted by atomic mass is 32.1. The van der Waals surface area contributed by atoms with E-state index in [1.54, 1.807) is 11.3 Å². The zero-order chi connectivity index (χ0) is 20.1. The van der Waals surface area contributed by atoms with Crippen LogP contribution < -0.4 is 15.0 Å². The Morgan fingerprint density at radius 3 is 2.48 bits per heavy atom. The van der Waals surface area contributed by atoms with Crippen molar-refractivity contribution in [1.29, 1.82) is 0 Å². The Labute approximate surface area is 180 Å². The number of rotatable bonds is 5. The fourth-order valence-electron chi connectivity index (χ4n) is 3.26. The smallest absolute Gasteiger partial charge is 0.185 e. The maximum atomic E-state index is 5.62. The summed E-state index contributed by atoms with van der Waals surface area (Å²) in [6.45, 7) is 6.22. The van der Waals surface area contributed by atoms with E-state index in [0.29, 0.717) is 6.61 Å². The molecule has 2 heterocycles. The molecule has 7 heteroatoms. The van der Waals surface area contributed by atoms with Crippen molar-refractivity contribution in [2.75, 3.05) is 43.0 Å². The van der Waals surface area contributed by atoms with Gasteiger partial charge >= 0.3 is 0 Å². The maximum Gasteiger partial charge on any atom is 0.185 e. The Hall–Kier alpha value is -2.64. The summed E-state index contributed by atoms with van der Waals surface area (Å²) in [4.78, 5) is 9.39. The summed E-state index contributed by atoms with van der Waals surface area (Å²) in [6, 6.07) is 18.2. The second-order valence-electron chi connectivity index (χ2n) is 6.74. The fraction of sp³-hybridized carbons (Fsp3) is 0.273. The van der Waals surface area contributed by atoms with Crippen LogP contribution in [-0.4, -0.2) is 47.8 Å². The van der Waals surface area contributed by atoms with Gasteiger partial charge < -0.3 is 19.9 Å². The van der Waals surface area contributed by atoms with Crippen LogP contribution >= 0.6 is 23.6 Å². The molecule has 1 N–H and O–H groups in total. The molecule has 1 fully saturated rings. The van der Waals surface area contributed by atoms with E-state index < -0.39 is 0 Å². The molecule has 4 rings (SSSR count). The number of anilines is 2. The molecule has 0 aliphatic carbocycles. The summed E-state index contributed by atoms with van der Waals surface area (Å²) in [5.74, 6) is 0.871. The van der Waals surface area contributed by atoms with Crippen molar-refractivity contribution < 1.29 is 4.74 Å². The number of aromatic nitrogens is 1. The van der Waals surface area contributed by atoms with Gasteiger partial charge in [0.25, 0.3) is 0 Å². The Bertz CT molecular complexity index is 935. The number of ether oxygens (including phenoxy) is 1. The van der Waals surface area contributed by atoms with E-state index in [4.69, 9.17) is 21.9 Å². The van der Waals surface area contributed by atoms with Crippen molar-refractivity contribution in [3.8, 4) is 17.0 Å². The van der Waals surface area contributed by atoms with Gasteiger partial charge in [0, 0.05) is 42.8 Å². The van der Waals surface area contributed by atoms with Crippen molar-refractivity contribution in [2.24, 2.45) is 0 Å². The lowest BCUT2D eigenvalue weighted by atomic mass is 10.2. The average molecular weight is 425 g/mol. The van der Waals surface area contributed by atoms with Gasteiger partial charge in [0.05, 0.1) is 12.3 Å². The third-order valence-electron chi connectivity index (χ3n) is 4.82. The molecule has 1 saturated heterocycles. The minimum atomic E-state index is 0.668. The molecule has 2 aromatic carbocycles. The van der Waals surface area contributed by atoms with Gasteiger partial charge in [-0.05, 0) is 43.4 Å². The summed E-state index contributed by atoms with van der Waals surface area (Å²) in [6.07, 6.45) is 0. The van der Waals surface area contributed by atoms with Crippen molar-refractivity contribution in [2.45, 2.75) is 6.92 Å². The van der Waals surface area contributed by atoms with Gasteiger partial charge in [-0.25, -0.2) is 4.98 Å². The van der Waals surface area contributed by atoms with Gasteiger partial charge in [0.2, 0.25) is 0 Å². The van der Waals surface area contributed by atoms with E-state index in [-0.39, 0.29) is 0 Å².